The maximum atomic E-state index is 12.0. The predicted molar refractivity (Wildman–Crippen MR) is 76.0 cm³/mol. The number of phenols is 2. The Bertz CT molecular complexity index is 613. The van der Waals surface area contributed by atoms with Crippen LogP contribution in [0.1, 0.15) is 16.2 Å². The molecule has 2 N–H and O–H groups in total. The Morgan fingerprint density at radius 2 is 2.05 bits per heavy atom. The molecule has 2 rings (SSSR count). The van der Waals surface area contributed by atoms with E-state index in [1.165, 1.54) is 18.2 Å². The van der Waals surface area contributed by atoms with Crippen molar-refractivity contribution in [3.8, 4) is 11.5 Å². The van der Waals surface area contributed by atoms with Gasteiger partial charge in [0.2, 0.25) is 0 Å². The number of hydrogen-bond acceptors (Lipinski definition) is 4. The van der Waals surface area contributed by atoms with Crippen LogP contribution in [0, 0.1) is 6.92 Å². The van der Waals surface area contributed by atoms with E-state index in [4.69, 9.17) is 0 Å². The van der Waals surface area contributed by atoms with Gasteiger partial charge in [-0.05, 0) is 41.1 Å². The Morgan fingerprint density at radius 1 is 1.37 bits per heavy atom. The summed E-state index contributed by atoms with van der Waals surface area (Å²) in [5.74, 6) is 0.00835. The molecule has 2 aromatic rings. The SMILES string of the molecule is Cc1nc(Br)cn1CC(=O)c1ccc(O)c(O)c1.Cl. The van der Waals surface area contributed by atoms with E-state index < -0.39 is 0 Å². The predicted octanol–water partition coefficient (Wildman–Crippen LogP) is 2.67. The van der Waals surface area contributed by atoms with E-state index >= 15 is 0 Å². The fourth-order valence-corrected chi connectivity index (χ4v) is 2.08. The highest BCUT2D eigenvalue weighted by Gasteiger charge is 2.11. The van der Waals surface area contributed by atoms with Crippen LogP contribution in [-0.2, 0) is 6.54 Å². The molecule has 0 radical (unpaired) electrons. The van der Waals surface area contributed by atoms with Gasteiger partial charge in [0, 0.05) is 11.8 Å². The number of benzene rings is 1. The minimum atomic E-state index is -0.301. The van der Waals surface area contributed by atoms with Crippen molar-refractivity contribution in [1.29, 1.82) is 0 Å². The first-order valence-electron chi connectivity index (χ1n) is 5.22. The summed E-state index contributed by atoms with van der Waals surface area (Å²) in [4.78, 5) is 16.1. The second kappa shape index (κ2) is 6.08. The molecular formula is C12H12BrClN2O3. The molecule has 102 valence electrons. The molecule has 1 aromatic carbocycles. The second-order valence-electron chi connectivity index (χ2n) is 3.87. The van der Waals surface area contributed by atoms with Crippen molar-refractivity contribution in [2.75, 3.05) is 0 Å². The third-order valence-electron chi connectivity index (χ3n) is 2.56. The highest BCUT2D eigenvalue weighted by molar-refractivity contribution is 9.10. The number of imidazole rings is 1. The van der Waals surface area contributed by atoms with E-state index in [0.717, 1.165) is 5.82 Å². The molecule has 0 atom stereocenters. The van der Waals surface area contributed by atoms with E-state index in [1.54, 1.807) is 17.7 Å². The van der Waals surface area contributed by atoms with Crippen LogP contribution in [0.4, 0.5) is 0 Å². The van der Waals surface area contributed by atoms with E-state index in [9.17, 15) is 15.0 Å². The third kappa shape index (κ3) is 3.48. The van der Waals surface area contributed by atoms with E-state index in [1.807, 2.05) is 0 Å². The summed E-state index contributed by atoms with van der Waals surface area (Å²) >= 11 is 3.23. The largest absolute Gasteiger partial charge is 0.504 e. The monoisotopic (exact) mass is 346 g/mol. The fraction of sp³-hybridized carbons (Fsp3) is 0.167. The number of rotatable bonds is 3. The number of carbonyl (C=O) groups is 1. The van der Waals surface area contributed by atoms with Gasteiger partial charge in [0.25, 0.3) is 0 Å². The molecule has 7 heteroatoms. The standard InChI is InChI=1S/C12H11BrN2O3.ClH/c1-7-14-12(13)6-15(7)5-11(18)8-2-3-9(16)10(17)4-8;/h2-4,6,16-17H,5H2,1H3;1H. The van der Waals surface area contributed by atoms with Crippen molar-refractivity contribution in [2.24, 2.45) is 0 Å². The Balaban J connectivity index is 0.00000180. The van der Waals surface area contributed by atoms with Crippen LogP contribution in [0.15, 0.2) is 29.0 Å². The van der Waals surface area contributed by atoms with Gasteiger partial charge in [-0.3, -0.25) is 4.79 Å². The Morgan fingerprint density at radius 3 is 2.58 bits per heavy atom. The number of carbonyl (C=O) groups excluding carboxylic acids is 1. The van der Waals surface area contributed by atoms with E-state index in [-0.39, 0.29) is 36.2 Å². The molecule has 0 bridgehead atoms. The molecule has 0 saturated heterocycles. The summed E-state index contributed by atoms with van der Waals surface area (Å²) in [6, 6.07) is 4.01. The van der Waals surface area contributed by atoms with Crippen molar-refractivity contribution >= 4 is 34.1 Å². The van der Waals surface area contributed by atoms with Crippen molar-refractivity contribution < 1.29 is 15.0 Å². The lowest BCUT2D eigenvalue weighted by Crippen LogP contribution is -2.10. The summed E-state index contributed by atoms with van der Waals surface area (Å²) in [5.41, 5.74) is 0.342. The molecule has 0 aliphatic carbocycles. The molecule has 0 aliphatic heterocycles. The minimum absolute atomic E-state index is 0. The molecule has 0 unspecified atom stereocenters. The highest BCUT2D eigenvalue weighted by Crippen LogP contribution is 2.25. The van der Waals surface area contributed by atoms with Gasteiger partial charge in [0.15, 0.2) is 17.3 Å². The maximum absolute atomic E-state index is 12.0. The Hall–Kier alpha value is -1.53. The summed E-state index contributed by atoms with van der Waals surface area (Å²) in [5, 5.41) is 18.5. The van der Waals surface area contributed by atoms with Crippen LogP contribution in [0.3, 0.4) is 0 Å². The molecule has 0 aliphatic rings. The first-order chi connectivity index (χ1) is 8.47. The molecule has 1 heterocycles. The lowest BCUT2D eigenvalue weighted by atomic mass is 10.1. The van der Waals surface area contributed by atoms with Gasteiger partial charge in [-0.2, -0.15) is 0 Å². The molecule has 0 saturated carbocycles. The third-order valence-corrected chi connectivity index (χ3v) is 2.94. The number of aryl methyl sites for hydroxylation is 1. The van der Waals surface area contributed by atoms with Gasteiger partial charge in [-0.15, -0.1) is 12.4 Å². The zero-order chi connectivity index (χ0) is 13.3. The number of hydrogen-bond donors (Lipinski definition) is 2. The van der Waals surface area contributed by atoms with Gasteiger partial charge in [-0.25, -0.2) is 4.98 Å². The summed E-state index contributed by atoms with van der Waals surface area (Å²) < 4.78 is 2.37. The van der Waals surface area contributed by atoms with Crippen molar-refractivity contribution in [3.63, 3.8) is 0 Å². The van der Waals surface area contributed by atoms with Crippen LogP contribution in [0.2, 0.25) is 0 Å². The smallest absolute Gasteiger partial charge is 0.182 e. The summed E-state index contributed by atoms with van der Waals surface area (Å²) in [7, 11) is 0. The summed E-state index contributed by atoms with van der Waals surface area (Å²) in [6.07, 6.45) is 1.72. The van der Waals surface area contributed by atoms with Crippen LogP contribution >= 0.6 is 28.3 Å². The van der Waals surface area contributed by atoms with Crippen molar-refractivity contribution in [2.45, 2.75) is 13.5 Å². The Kier molecular flexibility index (Phi) is 4.97. The number of aromatic hydroxyl groups is 2. The topological polar surface area (TPSA) is 75.4 Å². The van der Waals surface area contributed by atoms with Crippen molar-refractivity contribution in [1.82, 2.24) is 9.55 Å². The van der Waals surface area contributed by atoms with Crippen LogP contribution in [0.25, 0.3) is 0 Å². The molecule has 5 nitrogen and oxygen atoms in total. The van der Waals surface area contributed by atoms with Crippen LogP contribution < -0.4 is 0 Å². The molecule has 0 spiro atoms. The highest BCUT2D eigenvalue weighted by atomic mass is 79.9. The normalized spacial score (nSPS) is 10.0. The summed E-state index contributed by atoms with van der Waals surface area (Å²) in [6.45, 7) is 1.93. The number of ketones is 1. The molecule has 0 fully saturated rings. The van der Waals surface area contributed by atoms with Crippen molar-refractivity contribution in [3.05, 3.63) is 40.4 Å². The van der Waals surface area contributed by atoms with Gasteiger partial charge < -0.3 is 14.8 Å². The minimum Gasteiger partial charge on any atom is -0.504 e. The molecule has 19 heavy (non-hydrogen) atoms. The van der Waals surface area contributed by atoms with Gasteiger partial charge in [0.05, 0.1) is 6.54 Å². The van der Waals surface area contributed by atoms with E-state index in [2.05, 4.69) is 20.9 Å². The molecule has 0 amide bonds. The second-order valence-corrected chi connectivity index (χ2v) is 4.68. The lowest BCUT2D eigenvalue weighted by molar-refractivity contribution is 0.0971. The van der Waals surface area contributed by atoms with Gasteiger partial charge in [-0.1, -0.05) is 0 Å². The average molecular weight is 348 g/mol. The average Bonchev–Trinajstić information content (AvgIpc) is 2.61. The number of Topliss-reactive ketones (excluding diaryl/α,β-unsaturated/α-hetero) is 1. The zero-order valence-electron chi connectivity index (χ0n) is 10.00. The lowest BCUT2D eigenvalue weighted by Gasteiger charge is -2.05. The molecular weight excluding hydrogens is 336 g/mol. The Labute approximate surface area is 124 Å². The zero-order valence-corrected chi connectivity index (χ0v) is 12.4. The fourth-order valence-electron chi connectivity index (χ4n) is 1.57. The van der Waals surface area contributed by atoms with Gasteiger partial charge >= 0.3 is 0 Å². The number of phenolic OH excluding ortho intramolecular Hbond substituents is 2. The van der Waals surface area contributed by atoms with Gasteiger partial charge in [0.1, 0.15) is 10.4 Å². The van der Waals surface area contributed by atoms with E-state index in [0.29, 0.717) is 10.2 Å². The van der Waals surface area contributed by atoms with Crippen LogP contribution in [0.5, 0.6) is 11.5 Å². The molecule has 1 aromatic heterocycles. The number of nitrogens with zero attached hydrogens (tertiary/aromatic N) is 2. The quantitative estimate of drug-likeness (QED) is 0.661. The first kappa shape index (κ1) is 15.5. The number of halogens is 2. The first-order valence-corrected chi connectivity index (χ1v) is 6.01. The van der Waals surface area contributed by atoms with Crippen LogP contribution in [-0.4, -0.2) is 25.5 Å². The number of aromatic nitrogens is 2. The maximum Gasteiger partial charge on any atom is 0.182 e.